The number of aliphatic hydroxyl groups excluding tert-OH is 1. The SMILES string of the molecule is CC1=NC(=Cc2ccccc2OC[C@@H](O)CN2CCC(c3ccc4ccccc4c3)CC2)C(=O)N1. The van der Waals surface area contributed by atoms with Crippen LogP contribution in [0.2, 0.25) is 0 Å². The van der Waals surface area contributed by atoms with Crippen LogP contribution in [0, 0.1) is 0 Å². The van der Waals surface area contributed by atoms with E-state index in [-0.39, 0.29) is 12.5 Å². The molecule has 3 aromatic rings. The van der Waals surface area contributed by atoms with Crippen molar-refractivity contribution in [3.63, 3.8) is 0 Å². The molecular formula is C29H31N3O3. The van der Waals surface area contributed by atoms with Gasteiger partial charge in [0.1, 0.15) is 30.0 Å². The Balaban J connectivity index is 1.13. The molecule has 0 radical (unpaired) electrons. The number of carbonyl (C=O) groups excluding carboxylic acids is 1. The molecule has 6 nitrogen and oxygen atoms in total. The summed E-state index contributed by atoms with van der Waals surface area (Å²) in [5, 5.41) is 15.9. The molecule has 1 saturated heterocycles. The molecule has 2 N–H and O–H groups in total. The standard InChI is InChI=1S/C29H31N3O3/c1-20-30-27(29(34)31-20)17-25-8-4-5-9-28(25)35-19-26(33)18-32-14-12-22(13-15-32)24-11-10-21-6-2-3-7-23(21)16-24/h2-11,16-17,22,26,33H,12-15,18-19H2,1H3,(H,30,31,34)/t26-/m0/s1. The highest BCUT2D eigenvalue weighted by Gasteiger charge is 2.23. The first kappa shape index (κ1) is 23.3. The predicted molar refractivity (Wildman–Crippen MR) is 140 cm³/mol. The number of piperidine rings is 1. The molecule has 1 amide bonds. The molecule has 0 spiro atoms. The number of nitrogens with zero attached hydrogens (tertiary/aromatic N) is 2. The van der Waals surface area contributed by atoms with Gasteiger partial charge in [0.15, 0.2) is 0 Å². The number of fused-ring (bicyclic) bond motifs is 1. The second-order valence-electron chi connectivity index (χ2n) is 9.37. The van der Waals surface area contributed by atoms with Crippen LogP contribution in [0.3, 0.4) is 0 Å². The topological polar surface area (TPSA) is 74.2 Å². The third-order valence-corrected chi connectivity index (χ3v) is 6.76. The Hall–Kier alpha value is -3.48. The van der Waals surface area contributed by atoms with E-state index in [0.29, 0.717) is 29.7 Å². The first-order chi connectivity index (χ1) is 17.0. The van der Waals surface area contributed by atoms with E-state index in [1.807, 2.05) is 24.3 Å². The van der Waals surface area contributed by atoms with Crippen molar-refractivity contribution in [2.45, 2.75) is 31.8 Å². The number of aliphatic hydroxyl groups is 1. The van der Waals surface area contributed by atoms with Gasteiger partial charge in [-0.25, -0.2) is 4.99 Å². The van der Waals surface area contributed by atoms with Crippen LogP contribution >= 0.6 is 0 Å². The molecule has 1 atom stereocenters. The van der Waals surface area contributed by atoms with E-state index >= 15 is 0 Å². The maximum Gasteiger partial charge on any atom is 0.275 e. The summed E-state index contributed by atoms with van der Waals surface area (Å²) in [4.78, 5) is 18.5. The highest BCUT2D eigenvalue weighted by Crippen LogP contribution is 2.30. The van der Waals surface area contributed by atoms with Crippen LogP contribution in [0.4, 0.5) is 0 Å². The number of carbonyl (C=O) groups is 1. The minimum absolute atomic E-state index is 0.194. The molecule has 2 heterocycles. The van der Waals surface area contributed by atoms with Crippen molar-refractivity contribution in [2.24, 2.45) is 4.99 Å². The zero-order valence-electron chi connectivity index (χ0n) is 20.0. The van der Waals surface area contributed by atoms with Crippen molar-refractivity contribution in [3.05, 3.63) is 83.6 Å². The van der Waals surface area contributed by atoms with Crippen LogP contribution < -0.4 is 10.1 Å². The van der Waals surface area contributed by atoms with Gasteiger partial charge in [0, 0.05) is 12.1 Å². The lowest BCUT2D eigenvalue weighted by Gasteiger charge is -2.33. The quantitative estimate of drug-likeness (QED) is 0.505. The zero-order chi connectivity index (χ0) is 24.2. The van der Waals surface area contributed by atoms with Gasteiger partial charge < -0.3 is 20.1 Å². The summed E-state index contributed by atoms with van der Waals surface area (Å²) in [5.74, 6) is 1.55. The number of para-hydroxylation sites is 1. The molecule has 0 aromatic heterocycles. The molecule has 0 bridgehead atoms. The first-order valence-corrected chi connectivity index (χ1v) is 12.2. The van der Waals surface area contributed by atoms with Gasteiger partial charge in [0.25, 0.3) is 5.91 Å². The highest BCUT2D eigenvalue weighted by atomic mass is 16.5. The Labute approximate surface area is 205 Å². The third-order valence-electron chi connectivity index (χ3n) is 6.76. The lowest BCUT2D eigenvalue weighted by molar-refractivity contribution is -0.115. The number of benzene rings is 3. The minimum Gasteiger partial charge on any atom is -0.490 e. The lowest BCUT2D eigenvalue weighted by Crippen LogP contribution is -2.40. The highest BCUT2D eigenvalue weighted by molar-refractivity contribution is 6.13. The van der Waals surface area contributed by atoms with E-state index in [0.717, 1.165) is 31.5 Å². The minimum atomic E-state index is -0.594. The Kier molecular flexibility index (Phi) is 6.93. The van der Waals surface area contributed by atoms with Crippen molar-refractivity contribution in [2.75, 3.05) is 26.2 Å². The van der Waals surface area contributed by atoms with Crippen molar-refractivity contribution < 1.29 is 14.6 Å². The third kappa shape index (κ3) is 5.61. The van der Waals surface area contributed by atoms with Crippen LogP contribution in [0.1, 0.15) is 36.8 Å². The van der Waals surface area contributed by atoms with Crippen LogP contribution in [0.25, 0.3) is 16.8 Å². The fourth-order valence-corrected chi connectivity index (χ4v) is 4.91. The molecule has 2 aliphatic rings. The Morgan fingerprint density at radius 2 is 1.83 bits per heavy atom. The monoisotopic (exact) mass is 469 g/mol. The summed E-state index contributed by atoms with van der Waals surface area (Å²) >= 11 is 0. The normalized spacial score (nSPS) is 19.1. The number of aliphatic imine (C=N–C) groups is 1. The summed E-state index contributed by atoms with van der Waals surface area (Å²) in [6.07, 6.45) is 3.29. The number of hydrogen-bond acceptors (Lipinski definition) is 5. The van der Waals surface area contributed by atoms with E-state index in [2.05, 4.69) is 57.7 Å². The van der Waals surface area contributed by atoms with Gasteiger partial charge in [-0.1, -0.05) is 60.7 Å². The number of nitrogens with one attached hydrogen (secondary N) is 1. The first-order valence-electron chi connectivity index (χ1n) is 12.2. The summed E-state index contributed by atoms with van der Waals surface area (Å²) in [7, 11) is 0. The van der Waals surface area contributed by atoms with Gasteiger partial charge in [-0.15, -0.1) is 0 Å². The molecular weight excluding hydrogens is 438 g/mol. The number of amides is 1. The van der Waals surface area contributed by atoms with Crippen molar-refractivity contribution in [3.8, 4) is 5.75 Å². The van der Waals surface area contributed by atoms with Crippen LogP contribution in [0.5, 0.6) is 5.75 Å². The maximum atomic E-state index is 12.0. The smallest absolute Gasteiger partial charge is 0.275 e. The molecule has 0 saturated carbocycles. The average molecular weight is 470 g/mol. The van der Waals surface area contributed by atoms with Gasteiger partial charge in [0.2, 0.25) is 0 Å². The molecule has 180 valence electrons. The molecule has 3 aromatic carbocycles. The second kappa shape index (κ2) is 10.4. The van der Waals surface area contributed by atoms with E-state index < -0.39 is 6.10 Å². The van der Waals surface area contributed by atoms with Crippen LogP contribution in [0.15, 0.2) is 77.4 Å². The molecule has 0 aliphatic carbocycles. The summed E-state index contributed by atoms with van der Waals surface area (Å²) in [6.45, 7) is 4.45. The fourth-order valence-electron chi connectivity index (χ4n) is 4.91. The predicted octanol–water partition coefficient (Wildman–Crippen LogP) is 4.35. The van der Waals surface area contributed by atoms with Crippen molar-refractivity contribution in [1.29, 1.82) is 0 Å². The molecule has 5 rings (SSSR count). The van der Waals surface area contributed by atoms with Crippen molar-refractivity contribution in [1.82, 2.24) is 10.2 Å². The molecule has 0 unspecified atom stereocenters. The van der Waals surface area contributed by atoms with Crippen LogP contribution in [-0.2, 0) is 4.79 Å². The van der Waals surface area contributed by atoms with Crippen molar-refractivity contribution >= 4 is 28.6 Å². The summed E-state index contributed by atoms with van der Waals surface area (Å²) in [5.41, 5.74) is 2.53. The van der Waals surface area contributed by atoms with E-state index in [1.54, 1.807) is 13.0 Å². The molecule has 1 fully saturated rings. The van der Waals surface area contributed by atoms with Gasteiger partial charge in [-0.2, -0.15) is 0 Å². The molecule has 35 heavy (non-hydrogen) atoms. The number of β-amino-alcohol motifs (C(OH)–C–C–N with tert-alkyl or cyclic N) is 1. The largest absolute Gasteiger partial charge is 0.490 e. The van der Waals surface area contributed by atoms with E-state index in [1.165, 1.54) is 16.3 Å². The second-order valence-corrected chi connectivity index (χ2v) is 9.37. The number of ether oxygens (including phenoxy) is 1. The Morgan fingerprint density at radius 1 is 1.09 bits per heavy atom. The maximum absolute atomic E-state index is 12.0. The van der Waals surface area contributed by atoms with Gasteiger partial charge >= 0.3 is 0 Å². The summed E-state index contributed by atoms with van der Waals surface area (Å²) in [6, 6.07) is 22.8. The molecule has 2 aliphatic heterocycles. The number of likely N-dealkylation sites (tertiary alicyclic amines) is 1. The number of amidine groups is 1. The van der Waals surface area contributed by atoms with E-state index in [9.17, 15) is 9.90 Å². The van der Waals surface area contributed by atoms with Gasteiger partial charge in [0.05, 0.1) is 0 Å². The Bertz CT molecular complexity index is 1270. The Morgan fingerprint density at radius 3 is 2.60 bits per heavy atom. The van der Waals surface area contributed by atoms with Crippen LogP contribution in [-0.4, -0.2) is 54.1 Å². The number of hydrogen-bond donors (Lipinski definition) is 2. The zero-order valence-corrected chi connectivity index (χ0v) is 20.0. The van der Waals surface area contributed by atoms with Gasteiger partial charge in [-0.3, -0.25) is 4.79 Å². The number of rotatable bonds is 7. The average Bonchev–Trinajstić information content (AvgIpc) is 3.20. The lowest BCUT2D eigenvalue weighted by atomic mass is 9.88. The fraction of sp³-hybridized carbons (Fsp3) is 0.310. The summed E-state index contributed by atoms with van der Waals surface area (Å²) < 4.78 is 5.94. The van der Waals surface area contributed by atoms with Gasteiger partial charge in [-0.05, 0) is 67.3 Å². The van der Waals surface area contributed by atoms with E-state index in [4.69, 9.17) is 4.74 Å². The molecule has 6 heteroatoms.